The third-order valence-electron chi connectivity index (χ3n) is 4.07. The zero-order valence-electron chi connectivity index (χ0n) is 13.3. The zero-order valence-corrected chi connectivity index (χ0v) is 13.3. The maximum absolute atomic E-state index is 12.4. The molecule has 0 aliphatic heterocycles. The fraction of sp³-hybridized carbons (Fsp3) is 0.222. The Bertz CT molecular complexity index is 912. The smallest absolute Gasteiger partial charge is 0.329 e. The third-order valence-corrected chi connectivity index (χ3v) is 4.07. The maximum atomic E-state index is 12.4. The number of aliphatic hydroxyl groups excluding tert-OH is 1. The summed E-state index contributed by atoms with van der Waals surface area (Å²) < 4.78 is 2.95. The summed E-state index contributed by atoms with van der Waals surface area (Å²) in [6.07, 6.45) is 0. The van der Waals surface area contributed by atoms with Crippen LogP contribution in [0.2, 0.25) is 0 Å². The van der Waals surface area contributed by atoms with Crippen LogP contribution in [0.4, 0.5) is 0 Å². The molecule has 0 saturated carbocycles. The molecule has 1 aromatic heterocycles. The quantitative estimate of drug-likeness (QED) is 0.740. The summed E-state index contributed by atoms with van der Waals surface area (Å²) in [7, 11) is 1.68. The van der Waals surface area contributed by atoms with E-state index < -0.39 is 6.04 Å². The van der Waals surface area contributed by atoms with Gasteiger partial charge in [-0.2, -0.15) is 0 Å². The number of para-hydroxylation sites is 2. The average molecular weight is 325 g/mol. The number of carbonyl (C=O) groups excluding carboxylic acids is 1. The molecule has 0 radical (unpaired) electrons. The van der Waals surface area contributed by atoms with Gasteiger partial charge in [-0.05, 0) is 17.7 Å². The van der Waals surface area contributed by atoms with E-state index in [0.717, 1.165) is 11.1 Å². The highest BCUT2D eigenvalue weighted by molar-refractivity contribution is 5.81. The van der Waals surface area contributed by atoms with Crippen LogP contribution in [-0.2, 0) is 18.4 Å². The van der Waals surface area contributed by atoms with Crippen LogP contribution in [-0.4, -0.2) is 26.8 Å². The molecule has 6 nitrogen and oxygen atoms in total. The van der Waals surface area contributed by atoms with Gasteiger partial charge in [0.05, 0.1) is 23.7 Å². The lowest BCUT2D eigenvalue weighted by atomic mass is 10.1. The topological polar surface area (TPSA) is 76.3 Å². The van der Waals surface area contributed by atoms with Crippen molar-refractivity contribution < 1.29 is 9.90 Å². The van der Waals surface area contributed by atoms with E-state index >= 15 is 0 Å². The summed E-state index contributed by atoms with van der Waals surface area (Å²) in [5, 5.41) is 12.3. The second-order valence-corrected chi connectivity index (χ2v) is 5.63. The van der Waals surface area contributed by atoms with E-state index in [4.69, 9.17) is 0 Å². The van der Waals surface area contributed by atoms with Crippen molar-refractivity contribution in [2.24, 2.45) is 7.05 Å². The minimum atomic E-state index is -0.496. The first kappa shape index (κ1) is 16.0. The van der Waals surface area contributed by atoms with E-state index in [0.29, 0.717) is 5.52 Å². The van der Waals surface area contributed by atoms with Crippen molar-refractivity contribution in [3.63, 3.8) is 0 Å². The summed E-state index contributed by atoms with van der Waals surface area (Å²) in [5.74, 6) is -0.323. The highest BCUT2D eigenvalue weighted by Gasteiger charge is 2.17. The largest absolute Gasteiger partial charge is 0.394 e. The van der Waals surface area contributed by atoms with Crippen molar-refractivity contribution in [3.05, 3.63) is 70.6 Å². The summed E-state index contributed by atoms with van der Waals surface area (Å²) in [5.41, 5.74) is 2.06. The minimum Gasteiger partial charge on any atom is -0.394 e. The molecule has 1 amide bonds. The van der Waals surface area contributed by atoms with Gasteiger partial charge >= 0.3 is 5.69 Å². The molecule has 1 atom stereocenters. The molecule has 1 unspecified atom stereocenters. The molecule has 6 heteroatoms. The van der Waals surface area contributed by atoms with Crippen LogP contribution in [0.3, 0.4) is 0 Å². The van der Waals surface area contributed by atoms with Gasteiger partial charge in [-0.25, -0.2) is 4.79 Å². The fourth-order valence-corrected chi connectivity index (χ4v) is 2.82. The minimum absolute atomic E-state index is 0.0937. The van der Waals surface area contributed by atoms with E-state index in [1.807, 2.05) is 54.6 Å². The first-order valence-electron chi connectivity index (χ1n) is 7.71. The van der Waals surface area contributed by atoms with Crippen molar-refractivity contribution in [2.75, 3.05) is 6.61 Å². The molecule has 0 fully saturated rings. The molecule has 24 heavy (non-hydrogen) atoms. The second-order valence-electron chi connectivity index (χ2n) is 5.63. The Kier molecular flexibility index (Phi) is 4.48. The Morgan fingerprint density at radius 3 is 2.38 bits per heavy atom. The number of rotatable bonds is 5. The fourth-order valence-electron chi connectivity index (χ4n) is 2.82. The maximum Gasteiger partial charge on any atom is 0.329 e. The molecule has 2 N–H and O–H groups in total. The number of hydrogen-bond acceptors (Lipinski definition) is 3. The molecule has 1 heterocycles. The first-order chi connectivity index (χ1) is 11.6. The third kappa shape index (κ3) is 2.96. The van der Waals surface area contributed by atoms with Crippen molar-refractivity contribution in [1.29, 1.82) is 0 Å². The van der Waals surface area contributed by atoms with E-state index in [9.17, 15) is 14.7 Å². The van der Waals surface area contributed by atoms with E-state index in [2.05, 4.69) is 5.32 Å². The Morgan fingerprint density at radius 2 is 1.71 bits per heavy atom. The number of aromatic nitrogens is 2. The van der Waals surface area contributed by atoms with Gasteiger partial charge in [-0.3, -0.25) is 13.9 Å². The molecule has 2 aromatic carbocycles. The normalized spacial score (nSPS) is 12.2. The number of aryl methyl sites for hydroxylation is 1. The predicted molar refractivity (Wildman–Crippen MR) is 91.6 cm³/mol. The Balaban J connectivity index is 1.83. The predicted octanol–water partition coefficient (Wildman–Crippen LogP) is 1.19. The Labute approximate surface area is 139 Å². The highest BCUT2D eigenvalue weighted by atomic mass is 16.3. The molecule has 0 bridgehead atoms. The standard InChI is InChI=1S/C18H19N3O3/c1-20-15-9-5-6-10-16(15)21(18(20)24)11-17(23)19-14(12-22)13-7-3-2-4-8-13/h2-10,14,22H,11-12H2,1H3,(H,19,23). The first-order valence-corrected chi connectivity index (χ1v) is 7.71. The lowest BCUT2D eigenvalue weighted by Crippen LogP contribution is -2.36. The number of nitrogens with one attached hydrogen (secondary N) is 1. The molecule has 0 aliphatic carbocycles. The molecular formula is C18H19N3O3. The van der Waals surface area contributed by atoms with Gasteiger partial charge in [0.25, 0.3) is 0 Å². The van der Waals surface area contributed by atoms with Gasteiger partial charge < -0.3 is 10.4 Å². The number of nitrogens with zero attached hydrogens (tertiary/aromatic N) is 2. The number of imidazole rings is 1. The molecule has 0 spiro atoms. The van der Waals surface area contributed by atoms with Gasteiger partial charge in [0, 0.05) is 7.05 Å². The monoisotopic (exact) mass is 325 g/mol. The number of amides is 1. The van der Waals surface area contributed by atoms with E-state index in [1.54, 1.807) is 7.05 Å². The van der Waals surface area contributed by atoms with Crippen LogP contribution in [0.15, 0.2) is 59.4 Å². The van der Waals surface area contributed by atoms with Crippen LogP contribution in [0.5, 0.6) is 0 Å². The number of fused-ring (bicyclic) bond motifs is 1. The van der Waals surface area contributed by atoms with Crippen LogP contribution in [0.25, 0.3) is 11.0 Å². The lowest BCUT2D eigenvalue weighted by molar-refractivity contribution is -0.122. The summed E-state index contributed by atoms with van der Waals surface area (Å²) >= 11 is 0. The van der Waals surface area contributed by atoms with Crippen molar-refractivity contribution >= 4 is 16.9 Å². The molecule has 124 valence electrons. The molecule has 3 rings (SSSR count). The van der Waals surface area contributed by atoms with Gasteiger partial charge in [0.15, 0.2) is 0 Å². The van der Waals surface area contributed by atoms with Crippen molar-refractivity contribution in [3.8, 4) is 0 Å². The van der Waals surface area contributed by atoms with Crippen LogP contribution in [0.1, 0.15) is 11.6 Å². The summed E-state index contributed by atoms with van der Waals surface area (Å²) in [6, 6.07) is 16.1. The molecular weight excluding hydrogens is 306 g/mol. The molecule has 3 aromatic rings. The van der Waals surface area contributed by atoms with Crippen LogP contribution >= 0.6 is 0 Å². The average Bonchev–Trinajstić information content (AvgIpc) is 2.86. The number of carbonyl (C=O) groups is 1. The number of hydrogen-bond donors (Lipinski definition) is 2. The molecule has 0 saturated heterocycles. The van der Waals surface area contributed by atoms with Gasteiger partial charge in [-0.1, -0.05) is 42.5 Å². The Hall–Kier alpha value is -2.86. The Morgan fingerprint density at radius 1 is 1.08 bits per heavy atom. The lowest BCUT2D eigenvalue weighted by Gasteiger charge is -2.16. The van der Waals surface area contributed by atoms with Gasteiger partial charge in [-0.15, -0.1) is 0 Å². The van der Waals surface area contributed by atoms with Crippen molar-refractivity contribution in [1.82, 2.24) is 14.5 Å². The second kappa shape index (κ2) is 6.72. The van der Waals surface area contributed by atoms with Gasteiger partial charge in [0.2, 0.25) is 5.91 Å². The number of aliphatic hydroxyl groups is 1. The van der Waals surface area contributed by atoms with Crippen LogP contribution in [0, 0.1) is 0 Å². The van der Waals surface area contributed by atoms with E-state index in [1.165, 1.54) is 9.13 Å². The summed E-state index contributed by atoms with van der Waals surface area (Å²) in [6.45, 7) is -0.302. The SMILES string of the molecule is Cn1c(=O)n(CC(=O)NC(CO)c2ccccc2)c2ccccc21. The summed E-state index contributed by atoms with van der Waals surface area (Å²) in [4.78, 5) is 24.7. The zero-order chi connectivity index (χ0) is 17.1. The number of benzene rings is 2. The van der Waals surface area contributed by atoms with Gasteiger partial charge in [0.1, 0.15) is 6.54 Å². The highest BCUT2D eigenvalue weighted by Crippen LogP contribution is 2.13. The van der Waals surface area contributed by atoms with Crippen LogP contribution < -0.4 is 11.0 Å². The van der Waals surface area contributed by atoms with E-state index in [-0.39, 0.29) is 24.7 Å². The van der Waals surface area contributed by atoms with Crippen molar-refractivity contribution in [2.45, 2.75) is 12.6 Å². The molecule has 0 aliphatic rings.